The molecule has 1 aromatic heterocycles. The van der Waals surface area contributed by atoms with Crippen LogP contribution in [-0.4, -0.2) is 12.6 Å². The Bertz CT molecular complexity index is 573. The predicted molar refractivity (Wildman–Crippen MR) is 73.6 cm³/mol. The monoisotopic (exact) mass is 271 g/mol. The topological polar surface area (TPSA) is 63.2 Å². The van der Waals surface area contributed by atoms with Gasteiger partial charge in [0.05, 0.1) is 12.9 Å². The zero-order valence-corrected chi connectivity index (χ0v) is 11.5. The molecule has 0 aromatic carbocycles. The lowest BCUT2D eigenvalue weighted by Gasteiger charge is -2.13. The van der Waals surface area contributed by atoms with Crippen LogP contribution in [0, 0.1) is 11.3 Å². The van der Waals surface area contributed by atoms with Crippen molar-refractivity contribution in [1.82, 2.24) is 0 Å². The molecule has 1 heterocycles. The van der Waals surface area contributed by atoms with E-state index >= 15 is 0 Å². The molecule has 1 aliphatic rings. The molecule has 1 aliphatic carbocycles. The van der Waals surface area contributed by atoms with E-state index in [9.17, 15) is 4.79 Å². The van der Waals surface area contributed by atoms with Gasteiger partial charge in [0.15, 0.2) is 0 Å². The largest absolute Gasteiger partial charge is 0.469 e. The van der Waals surface area contributed by atoms with Crippen molar-refractivity contribution in [3.05, 3.63) is 47.0 Å². The summed E-state index contributed by atoms with van der Waals surface area (Å²) >= 11 is 0. The molecule has 104 valence electrons. The maximum Gasteiger partial charge on any atom is 0.349 e. The van der Waals surface area contributed by atoms with Gasteiger partial charge in [-0.15, -0.1) is 0 Å². The maximum absolute atomic E-state index is 11.9. The lowest BCUT2D eigenvalue weighted by molar-refractivity contribution is -0.138. The number of hydrogen-bond acceptors (Lipinski definition) is 4. The second kappa shape index (κ2) is 6.76. The van der Waals surface area contributed by atoms with Crippen LogP contribution in [0.2, 0.25) is 0 Å². The first-order chi connectivity index (χ1) is 9.70. The average Bonchev–Trinajstić information content (AvgIpc) is 2.93. The van der Waals surface area contributed by atoms with E-state index in [0.717, 1.165) is 30.6 Å². The summed E-state index contributed by atoms with van der Waals surface area (Å²) in [6.45, 7) is 2.23. The first-order valence-electron chi connectivity index (χ1n) is 6.70. The molecule has 0 saturated carbocycles. The fourth-order valence-corrected chi connectivity index (χ4v) is 2.22. The second-order valence-electron chi connectivity index (χ2n) is 4.82. The SMILES string of the molecule is CC1=C/C(=C(/C#N)C(=O)OCCc2ccco2)CCC1. The number of furan rings is 1. The molecule has 4 heteroatoms. The van der Waals surface area contributed by atoms with Crippen LogP contribution in [0.25, 0.3) is 0 Å². The van der Waals surface area contributed by atoms with Gasteiger partial charge in [-0.25, -0.2) is 4.79 Å². The Hall–Kier alpha value is -2.28. The molecule has 2 rings (SSSR count). The number of hydrogen-bond donors (Lipinski definition) is 0. The zero-order valence-electron chi connectivity index (χ0n) is 11.5. The number of carbonyl (C=O) groups excluding carboxylic acids is 1. The number of nitrogens with zero attached hydrogens (tertiary/aromatic N) is 1. The van der Waals surface area contributed by atoms with Crippen molar-refractivity contribution in [2.75, 3.05) is 6.61 Å². The van der Waals surface area contributed by atoms with E-state index < -0.39 is 5.97 Å². The van der Waals surface area contributed by atoms with Gasteiger partial charge < -0.3 is 9.15 Å². The Morgan fingerprint density at radius 3 is 3.00 bits per heavy atom. The van der Waals surface area contributed by atoms with E-state index in [0.29, 0.717) is 6.42 Å². The summed E-state index contributed by atoms with van der Waals surface area (Å²) in [4.78, 5) is 11.9. The molecule has 0 radical (unpaired) electrons. The van der Waals surface area contributed by atoms with E-state index in [1.54, 1.807) is 12.3 Å². The molecular formula is C16H17NO3. The average molecular weight is 271 g/mol. The number of allylic oxidation sites excluding steroid dienone is 3. The highest BCUT2D eigenvalue weighted by Crippen LogP contribution is 2.24. The first-order valence-corrected chi connectivity index (χ1v) is 6.70. The summed E-state index contributed by atoms with van der Waals surface area (Å²) in [5.41, 5.74) is 2.12. The number of rotatable bonds is 4. The van der Waals surface area contributed by atoms with Crippen molar-refractivity contribution < 1.29 is 13.9 Å². The quantitative estimate of drug-likeness (QED) is 0.479. The smallest absolute Gasteiger partial charge is 0.349 e. The van der Waals surface area contributed by atoms with Crippen molar-refractivity contribution in [3.63, 3.8) is 0 Å². The molecule has 0 spiro atoms. The van der Waals surface area contributed by atoms with Crippen LogP contribution in [0.15, 0.2) is 45.6 Å². The zero-order chi connectivity index (χ0) is 14.4. The van der Waals surface area contributed by atoms with Crippen LogP contribution in [0.5, 0.6) is 0 Å². The third-order valence-electron chi connectivity index (χ3n) is 3.24. The van der Waals surface area contributed by atoms with Crippen LogP contribution in [0.3, 0.4) is 0 Å². The van der Waals surface area contributed by atoms with Gasteiger partial charge in [-0.3, -0.25) is 0 Å². The fourth-order valence-electron chi connectivity index (χ4n) is 2.22. The minimum absolute atomic E-state index is 0.128. The number of carbonyl (C=O) groups is 1. The van der Waals surface area contributed by atoms with Crippen molar-refractivity contribution >= 4 is 5.97 Å². The number of ether oxygens (including phenoxy) is 1. The van der Waals surface area contributed by atoms with E-state index in [-0.39, 0.29) is 12.2 Å². The first kappa shape index (κ1) is 14.1. The van der Waals surface area contributed by atoms with Crippen molar-refractivity contribution in [2.24, 2.45) is 0 Å². The van der Waals surface area contributed by atoms with Crippen LogP contribution in [-0.2, 0) is 16.0 Å². The molecule has 20 heavy (non-hydrogen) atoms. The van der Waals surface area contributed by atoms with Gasteiger partial charge in [-0.1, -0.05) is 11.6 Å². The van der Waals surface area contributed by atoms with Crippen LogP contribution < -0.4 is 0 Å². The van der Waals surface area contributed by atoms with Gasteiger partial charge in [0, 0.05) is 6.42 Å². The van der Waals surface area contributed by atoms with Gasteiger partial charge in [-0.05, 0) is 43.9 Å². The molecule has 0 saturated heterocycles. The fraction of sp³-hybridized carbons (Fsp3) is 0.375. The van der Waals surface area contributed by atoms with Gasteiger partial charge in [-0.2, -0.15) is 5.26 Å². The standard InChI is InChI=1S/C16H17NO3/c1-12-4-2-5-13(10-12)15(11-17)16(18)20-9-7-14-6-3-8-19-14/h3,6,8,10H,2,4-5,7,9H2,1H3/b15-13-. The molecule has 0 amide bonds. The van der Waals surface area contributed by atoms with E-state index in [1.165, 1.54) is 5.57 Å². The van der Waals surface area contributed by atoms with Crippen LogP contribution in [0.4, 0.5) is 0 Å². The third-order valence-corrected chi connectivity index (χ3v) is 3.24. The van der Waals surface area contributed by atoms with Crippen LogP contribution >= 0.6 is 0 Å². The lowest BCUT2D eigenvalue weighted by Crippen LogP contribution is -2.12. The molecule has 1 aromatic rings. The summed E-state index contributed by atoms with van der Waals surface area (Å²) in [6.07, 6.45) is 6.78. The third kappa shape index (κ3) is 3.61. The molecule has 0 aliphatic heterocycles. The second-order valence-corrected chi connectivity index (χ2v) is 4.82. The Morgan fingerprint density at radius 1 is 1.50 bits per heavy atom. The number of esters is 1. The minimum Gasteiger partial charge on any atom is -0.469 e. The summed E-state index contributed by atoms with van der Waals surface area (Å²) in [6, 6.07) is 5.58. The molecule has 0 fully saturated rings. The Morgan fingerprint density at radius 2 is 2.35 bits per heavy atom. The molecular weight excluding hydrogens is 254 g/mol. The summed E-state index contributed by atoms with van der Waals surface area (Å²) in [5.74, 6) is 0.220. The van der Waals surface area contributed by atoms with Gasteiger partial charge in [0.25, 0.3) is 0 Å². The Balaban J connectivity index is 1.97. The molecule has 0 unspecified atom stereocenters. The molecule has 0 N–H and O–H groups in total. The van der Waals surface area contributed by atoms with Crippen molar-refractivity contribution in [2.45, 2.75) is 32.6 Å². The van der Waals surface area contributed by atoms with Gasteiger partial charge in [0.2, 0.25) is 0 Å². The van der Waals surface area contributed by atoms with Gasteiger partial charge in [0.1, 0.15) is 17.4 Å². The van der Waals surface area contributed by atoms with E-state index in [2.05, 4.69) is 0 Å². The number of nitriles is 1. The minimum atomic E-state index is -0.542. The normalized spacial score (nSPS) is 17.1. The summed E-state index contributed by atoms with van der Waals surface area (Å²) in [5, 5.41) is 9.16. The highest BCUT2D eigenvalue weighted by atomic mass is 16.5. The molecule has 0 atom stereocenters. The van der Waals surface area contributed by atoms with Crippen LogP contribution in [0.1, 0.15) is 31.9 Å². The van der Waals surface area contributed by atoms with Crippen molar-refractivity contribution in [3.8, 4) is 6.07 Å². The van der Waals surface area contributed by atoms with Gasteiger partial charge >= 0.3 is 5.97 Å². The Labute approximate surface area is 118 Å². The highest BCUT2D eigenvalue weighted by Gasteiger charge is 2.17. The molecule has 0 bridgehead atoms. The summed E-state index contributed by atoms with van der Waals surface area (Å²) < 4.78 is 10.3. The van der Waals surface area contributed by atoms with Crippen molar-refractivity contribution in [1.29, 1.82) is 5.26 Å². The summed E-state index contributed by atoms with van der Waals surface area (Å²) in [7, 11) is 0. The maximum atomic E-state index is 11.9. The predicted octanol–water partition coefficient (Wildman–Crippen LogP) is 3.32. The lowest BCUT2D eigenvalue weighted by atomic mass is 9.93. The Kier molecular flexibility index (Phi) is 4.78. The molecule has 4 nitrogen and oxygen atoms in total. The highest BCUT2D eigenvalue weighted by molar-refractivity contribution is 5.94. The van der Waals surface area contributed by atoms with E-state index in [1.807, 2.05) is 25.1 Å². The van der Waals surface area contributed by atoms with E-state index in [4.69, 9.17) is 14.4 Å².